The third-order valence-corrected chi connectivity index (χ3v) is 4.76. The highest BCUT2D eigenvalue weighted by Gasteiger charge is 2.22. The number of carbonyl (C=O) groups excluding carboxylic acids is 1. The van der Waals surface area contributed by atoms with Gasteiger partial charge in [-0.05, 0) is 30.2 Å². The number of aliphatic carboxylic acids is 1. The summed E-state index contributed by atoms with van der Waals surface area (Å²) < 4.78 is 26.6. The minimum absolute atomic E-state index is 0.0457. The number of amides is 1. The van der Waals surface area contributed by atoms with E-state index in [9.17, 15) is 18.0 Å². The zero-order chi connectivity index (χ0) is 15.6. The maximum Gasteiger partial charge on any atom is 0.306 e. The molecular weight excluding hydrogens is 296 g/mol. The average Bonchev–Trinajstić information content (AvgIpc) is 2.77. The molecule has 0 aromatic heterocycles. The maximum absolute atomic E-state index is 12.1. The van der Waals surface area contributed by atoms with Gasteiger partial charge in [-0.3, -0.25) is 9.59 Å². The zero-order valence-electron chi connectivity index (χ0n) is 11.4. The van der Waals surface area contributed by atoms with Crippen LogP contribution in [0.25, 0.3) is 0 Å². The summed E-state index contributed by atoms with van der Waals surface area (Å²) in [7, 11) is -3.70. The molecule has 1 aromatic rings. The van der Waals surface area contributed by atoms with Gasteiger partial charge in [0.25, 0.3) is 0 Å². The minimum atomic E-state index is -3.70. The van der Waals surface area contributed by atoms with Crippen molar-refractivity contribution in [1.82, 2.24) is 4.72 Å². The molecule has 0 saturated carbocycles. The first kappa shape index (κ1) is 15.5. The Hall–Kier alpha value is -1.93. The Morgan fingerprint density at radius 1 is 1.48 bits per heavy atom. The number of carboxylic acids is 1. The summed E-state index contributed by atoms with van der Waals surface area (Å²) in [6.45, 7) is 1.56. The van der Waals surface area contributed by atoms with Crippen LogP contribution in [0, 0.1) is 5.92 Å². The molecule has 0 aliphatic carbocycles. The fourth-order valence-corrected chi connectivity index (χ4v) is 3.09. The molecule has 1 aromatic carbocycles. The molecule has 0 radical (unpaired) electrons. The number of benzene rings is 1. The summed E-state index contributed by atoms with van der Waals surface area (Å²) in [6.07, 6.45) is 0.369. The molecule has 0 spiro atoms. The first-order valence-electron chi connectivity index (χ1n) is 6.45. The molecule has 1 aliphatic rings. The van der Waals surface area contributed by atoms with Crippen molar-refractivity contribution in [2.45, 2.75) is 24.7 Å². The van der Waals surface area contributed by atoms with Gasteiger partial charge < -0.3 is 10.4 Å². The largest absolute Gasteiger partial charge is 0.481 e. The number of nitrogens with one attached hydrogen (secondary N) is 2. The first-order chi connectivity index (χ1) is 9.79. The topological polar surface area (TPSA) is 113 Å². The summed E-state index contributed by atoms with van der Waals surface area (Å²) >= 11 is 0. The fourth-order valence-electron chi connectivity index (χ4n) is 1.99. The van der Waals surface area contributed by atoms with Crippen molar-refractivity contribution in [2.24, 2.45) is 5.92 Å². The highest BCUT2D eigenvalue weighted by Crippen LogP contribution is 2.25. The number of carbonyl (C=O) groups is 2. The van der Waals surface area contributed by atoms with E-state index in [2.05, 4.69) is 10.0 Å². The van der Waals surface area contributed by atoms with E-state index in [4.69, 9.17) is 5.11 Å². The van der Waals surface area contributed by atoms with Crippen molar-refractivity contribution in [2.75, 3.05) is 11.9 Å². The molecule has 1 heterocycles. The second-order valence-electron chi connectivity index (χ2n) is 4.97. The predicted octanol–water partition coefficient (Wildman–Crippen LogP) is 0.570. The lowest BCUT2D eigenvalue weighted by Gasteiger charge is -2.09. The molecule has 0 bridgehead atoms. The standard InChI is InChI=1S/C13H16N2O5S/c1-8(13(17)18)4-5-14-21(19,20)10-2-3-11-9(6-10)7-12(16)15-11/h2-3,6,8,14H,4-5,7H2,1H3,(H,15,16)(H,17,18). The van der Waals surface area contributed by atoms with Crippen molar-refractivity contribution < 1.29 is 23.1 Å². The maximum atomic E-state index is 12.1. The minimum Gasteiger partial charge on any atom is -0.481 e. The van der Waals surface area contributed by atoms with E-state index < -0.39 is 21.9 Å². The van der Waals surface area contributed by atoms with Gasteiger partial charge in [0.15, 0.2) is 0 Å². The molecule has 7 nitrogen and oxygen atoms in total. The number of sulfonamides is 1. The Kier molecular flexibility index (Phi) is 4.29. The van der Waals surface area contributed by atoms with Gasteiger partial charge in [-0.2, -0.15) is 0 Å². The summed E-state index contributed by atoms with van der Waals surface area (Å²) in [5.74, 6) is -1.74. The Labute approximate surface area is 122 Å². The molecule has 1 unspecified atom stereocenters. The Morgan fingerprint density at radius 3 is 2.86 bits per heavy atom. The van der Waals surface area contributed by atoms with E-state index in [1.54, 1.807) is 6.07 Å². The second-order valence-corrected chi connectivity index (χ2v) is 6.74. The molecule has 0 saturated heterocycles. The third-order valence-electron chi connectivity index (χ3n) is 3.30. The summed E-state index contributed by atoms with van der Waals surface area (Å²) in [5, 5.41) is 11.4. The van der Waals surface area contributed by atoms with Gasteiger partial charge in [-0.15, -0.1) is 0 Å². The van der Waals surface area contributed by atoms with E-state index in [1.165, 1.54) is 19.1 Å². The third kappa shape index (κ3) is 3.59. The van der Waals surface area contributed by atoms with Crippen molar-refractivity contribution in [3.05, 3.63) is 23.8 Å². The van der Waals surface area contributed by atoms with Crippen molar-refractivity contribution in [3.63, 3.8) is 0 Å². The van der Waals surface area contributed by atoms with Gasteiger partial charge in [0.2, 0.25) is 15.9 Å². The normalized spacial score (nSPS) is 15.4. The van der Waals surface area contributed by atoms with Crippen molar-refractivity contribution in [1.29, 1.82) is 0 Å². The number of hydrogen-bond donors (Lipinski definition) is 3. The van der Waals surface area contributed by atoms with Crippen LogP contribution in [0.4, 0.5) is 5.69 Å². The number of carboxylic acid groups (broad SMARTS) is 1. The lowest BCUT2D eigenvalue weighted by atomic mass is 10.1. The van der Waals surface area contributed by atoms with Crippen LogP contribution >= 0.6 is 0 Å². The van der Waals surface area contributed by atoms with Crippen molar-refractivity contribution in [3.8, 4) is 0 Å². The van der Waals surface area contributed by atoms with Crippen LogP contribution in [0.1, 0.15) is 18.9 Å². The van der Waals surface area contributed by atoms with Crippen LogP contribution in [0.15, 0.2) is 23.1 Å². The molecule has 2 rings (SSSR count). The van der Waals surface area contributed by atoms with Gasteiger partial charge in [0, 0.05) is 12.2 Å². The summed E-state index contributed by atoms with van der Waals surface area (Å²) in [5.41, 5.74) is 1.26. The number of fused-ring (bicyclic) bond motifs is 1. The molecule has 1 amide bonds. The van der Waals surface area contributed by atoms with E-state index in [1.807, 2.05) is 0 Å². The molecule has 114 valence electrons. The highest BCUT2D eigenvalue weighted by molar-refractivity contribution is 7.89. The smallest absolute Gasteiger partial charge is 0.306 e. The SMILES string of the molecule is CC(CCNS(=O)(=O)c1ccc2c(c1)CC(=O)N2)C(=O)O. The average molecular weight is 312 g/mol. The van der Waals surface area contributed by atoms with Gasteiger partial charge >= 0.3 is 5.97 Å². The number of rotatable bonds is 6. The van der Waals surface area contributed by atoms with Crippen LogP contribution < -0.4 is 10.0 Å². The number of anilines is 1. The number of hydrogen-bond acceptors (Lipinski definition) is 4. The first-order valence-corrected chi connectivity index (χ1v) is 7.93. The fraction of sp³-hybridized carbons (Fsp3) is 0.385. The van der Waals surface area contributed by atoms with Gasteiger partial charge in [0.1, 0.15) is 0 Å². The lowest BCUT2D eigenvalue weighted by molar-refractivity contribution is -0.141. The van der Waals surface area contributed by atoms with Crippen LogP contribution in [0.5, 0.6) is 0 Å². The monoisotopic (exact) mass is 312 g/mol. The molecule has 1 aliphatic heterocycles. The van der Waals surface area contributed by atoms with Crippen LogP contribution in [0.3, 0.4) is 0 Å². The van der Waals surface area contributed by atoms with E-state index >= 15 is 0 Å². The predicted molar refractivity (Wildman–Crippen MR) is 75.4 cm³/mol. The molecular formula is C13H16N2O5S. The summed E-state index contributed by atoms with van der Waals surface area (Å²) in [4.78, 5) is 22.0. The molecule has 3 N–H and O–H groups in total. The van der Waals surface area contributed by atoms with E-state index in [0.717, 1.165) is 0 Å². The Balaban J connectivity index is 2.05. The van der Waals surface area contributed by atoms with Gasteiger partial charge in [-0.25, -0.2) is 13.1 Å². The van der Waals surface area contributed by atoms with Crippen LogP contribution in [-0.2, 0) is 26.0 Å². The zero-order valence-corrected chi connectivity index (χ0v) is 12.2. The van der Waals surface area contributed by atoms with Gasteiger partial charge in [0.05, 0.1) is 17.2 Å². The van der Waals surface area contributed by atoms with E-state index in [-0.39, 0.29) is 30.2 Å². The molecule has 8 heteroatoms. The van der Waals surface area contributed by atoms with Crippen molar-refractivity contribution >= 4 is 27.6 Å². The molecule has 21 heavy (non-hydrogen) atoms. The highest BCUT2D eigenvalue weighted by atomic mass is 32.2. The molecule has 0 fully saturated rings. The van der Waals surface area contributed by atoms with Gasteiger partial charge in [-0.1, -0.05) is 6.92 Å². The quantitative estimate of drug-likeness (QED) is 0.711. The lowest BCUT2D eigenvalue weighted by Crippen LogP contribution is -2.27. The van der Waals surface area contributed by atoms with Crippen LogP contribution in [0.2, 0.25) is 0 Å². The second kappa shape index (κ2) is 5.82. The Morgan fingerprint density at radius 2 is 2.19 bits per heavy atom. The summed E-state index contributed by atoms with van der Waals surface area (Å²) in [6, 6.07) is 4.41. The molecule has 1 atom stereocenters. The Bertz CT molecular complexity index is 684. The van der Waals surface area contributed by atoms with Crippen LogP contribution in [-0.4, -0.2) is 31.9 Å². The van der Waals surface area contributed by atoms with E-state index in [0.29, 0.717) is 11.3 Å².